The van der Waals surface area contributed by atoms with Crippen LogP contribution in [0.2, 0.25) is 0 Å². The molecule has 1 fully saturated rings. The quantitative estimate of drug-likeness (QED) is 0.238. The lowest BCUT2D eigenvalue weighted by Gasteiger charge is -2.16. The number of ether oxygens (including phenoxy) is 1. The first-order valence-corrected chi connectivity index (χ1v) is 3.51. The molecule has 0 aromatic heterocycles. The fraction of sp³-hybridized carbons (Fsp3) is 1.00. The van der Waals surface area contributed by atoms with Gasteiger partial charge in [0, 0.05) is 6.54 Å². The van der Waals surface area contributed by atoms with Gasteiger partial charge in [-0.25, -0.2) is 10.1 Å². The average molecular weight is 163 g/mol. The summed E-state index contributed by atoms with van der Waals surface area (Å²) in [7, 11) is 1.82. The third-order valence-electron chi connectivity index (χ3n) is 1.51. The Kier molecular flexibility index (Phi) is 3.22. The third kappa shape index (κ3) is 3.64. The van der Waals surface area contributed by atoms with E-state index in [0.717, 1.165) is 13.2 Å². The zero-order valence-electron chi connectivity index (χ0n) is 6.43. The van der Waals surface area contributed by atoms with E-state index in [4.69, 9.17) is 15.1 Å². The van der Waals surface area contributed by atoms with Crippen LogP contribution in [0.1, 0.15) is 0 Å². The van der Waals surface area contributed by atoms with Crippen molar-refractivity contribution in [3.63, 3.8) is 0 Å². The molecule has 0 amide bonds. The Bertz CT molecular complexity index is 117. The first-order valence-electron chi connectivity index (χ1n) is 3.51. The Balaban J connectivity index is 2.03. The molecule has 1 rings (SSSR count). The molecule has 0 aliphatic carbocycles. The van der Waals surface area contributed by atoms with Crippen molar-refractivity contribution in [2.75, 3.05) is 26.7 Å². The zero-order valence-corrected chi connectivity index (χ0v) is 6.43. The maximum atomic E-state index is 8.81. The first kappa shape index (κ1) is 8.89. The molecule has 5 heteroatoms. The Morgan fingerprint density at radius 3 is 2.91 bits per heavy atom. The molecular weight excluding hydrogens is 150 g/mol. The van der Waals surface area contributed by atoms with E-state index >= 15 is 0 Å². The number of hydrogen-bond acceptors (Lipinski definition) is 5. The van der Waals surface area contributed by atoms with Crippen LogP contribution in [0, 0.1) is 0 Å². The maximum Gasteiger partial charge on any atom is 0.201 e. The van der Waals surface area contributed by atoms with Crippen molar-refractivity contribution in [2.24, 2.45) is 0 Å². The van der Waals surface area contributed by atoms with E-state index in [1.165, 1.54) is 0 Å². The highest BCUT2D eigenvalue weighted by Crippen LogP contribution is 2.09. The van der Waals surface area contributed by atoms with Crippen LogP contribution in [0.3, 0.4) is 0 Å². The summed E-state index contributed by atoms with van der Waals surface area (Å²) in [6.07, 6.45) is -0.829. The Labute approximate surface area is 65.1 Å². The maximum absolute atomic E-state index is 8.81. The van der Waals surface area contributed by atoms with E-state index in [-0.39, 0.29) is 6.54 Å². The Hall–Kier alpha value is -0.200. The Morgan fingerprint density at radius 2 is 2.45 bits per heavy atom. The molecule has 0 aromatic carbocycles. The number of nitrogens with zero attached hydrogens (tertiary/aromatic N) is 1. The van der Waals surface area contributed by atoms with Gasteiger partial charge >= 0.3 is 0 Å². The molecule has 0 saturated carbocycles. The van der Waals surface area contributed by atoms with E-state index < -0.39 is 6.29 Å². The van der Waals surface area contributed by atoms with Gasteiger partial charge in [-0.1, -0.05) is 0 Å². The van der Waals surface area contributed by atoms with Crippen LogP contribution in [0.5, 0.6) is 0 Å². The van der Waals surface area contributed by atoms with Crippen molar-refractivity contribution < 1.29 is 20.0 Å². The predicted molar refractivity (Wildman–Crippen MR) is 37.0 cm³/mol. The summed E-state index contributed by atoms with van der Waals surface area (Å²) >= 11 is 0. The summed E-state index contributed by atoms with van der Waals surface area (Å²) in [4.78, 5) is 5.53. The molecule has 0 radical (unpaired) electrons. The molecule has 2 atom stereocenters. The molecule has 66 valence electrons. The third-order valence-corrected chi connectivity index (χ3v) is 1.51. The smallest absolute Gasteiger partial charge is 0.201 e. The lowest BCUT2D eigenvalue weighted by atomic mass is 10.4. The molecule has 1 saturated heterocycles. The molecule has 2 N–H and O–H groups in total. The minimum absolute atomic E-state index is 0.288. The topological polar surface area (TPSA) is 65.5 Å². The SMILES string of the molecule is CN(CC(O)OO)CC1CO1. The number of aliphatic hydroxyl groups is 1. The van der Waals surface area contributed by atoms with Crippen LogP contribution < -0.4 is 0 Å². The highest BCUT2D eigenvalue weighted by Gasteiger charge is 2.24. The summed E-state index contributed by atoms with van der Waals surface area (Å²) in [6, 6.07) is 0. The summed E-state index contributed by atoms with van der Waals surface area (Å²) < 4.78 is 4.97. The van der Waals surface area contributed by atoms with Gasteiger partial charge in [-0.15, -0.1) is 0 Å². The summed E-state index contributed by atoms with van der Waals surface area (Å²) in [5.74, 6) is 0. The van der Waals surface area contributed by atoms with Gasteiger partial charge in [-0.2, -0.15) is 0 Å². The normalized spacial score (nSPS) is 25.6. The Morgan fingerprint density at radius 1 is 1.82 bits per heavy atom. The molecule has 11 heavy (non-hydrogen) atoms. The lowest BCUT2D eigenvalue weighted by molar-refractivity contribution is -0.335. The second kappa shape index (κ2) is 3.99. The van der Waals surface area contributed by atoms with Gasteiger partial charge in [0.2, 0.25) is 6.29 Å². The van der Waals surface area contributed by atoms with Gasteiger partial charge < -0.3 is 9.84 Å². The molecule has 1 heterocycles. The van der Waals surface area contributed by atoms with Crippen LogP contribution in [-0.4, -0.2) is 54.4 Å². The van der Waals surface area contributed by atoms with Crippen molar-refractivity contribution in [3.8, 4) is 0 Å². The minimum Gasteiger partial charge on any atom is -0.372 e. The molecule has 5 nitrogen and oxygen atoms in total. The summed E-state index contributed by atoms with van der Waals surface area (Å²) in [5, 5.41) is 16.8. The summed E-state index contributed by atoms with van der Waals surface area (Å²) in [6.45, 7) is 1.84. The highest BCUT2D eigenvalue weighted by atomic mass is 17.1. The van der Waals surface area contributed by atoms with Crippen LogP contribution >= 0.6 is 0 Å². The molecule has 0 aromatic rings. The van der Waals surface area contributed by atoms with Crippen LogP contribution in [0.4, 0.5) is 0 Å². The fourth-order valence-electron chi connectivity index (χ4n) is 0.896. The monoisotopic (exact) mass is 163 g/mol. The van der Waals surface area contributed by atoms with Gasteiger partial charge in [0.25, 0.3) is 0 Å². The average Bonchev–Trinajstić information content (AvgIpc) is 2.71. The summed E-state index contributed by atoms with van der Waals surface area (Å²) in [5.41, 5.74) is 0. The minimum atomic E-state index is -1.13. The molecule has 0 bridgehead atoms. The second-order valence-electron chi connectivity index (χ2n) is 2.74. The fourth-order valence-corrected chi connectivity index (χ4v) is 0.896. The first-order chi connectivity index (χ1) is 5.22. The van der Waals surface area contributed by atoms with Crippen LogP contribution in [-0.2, 0) is 9.62 Å². The lowest BCUT2D eigenvalue weighted by Crippen LogP contribution is -2.32. The molecule has 2 unspecified atom stereocenters. The predicted octanol–water partition coefficient (Wildman–Crippen LogP) is -0.875. The van der Waals surface area contributed by atoms with E-state index in [2.05, 4.69) is 4.89 Å². The van der Waals surface area contributed by atoms with Crippen molar-refractivity contribution in [3.05, 3.63) is 0 Å². The van der Waals surface area contributed by atoms with Gasteiger partial charge in [0.05, 0.1) is 19.3 Å². The van der Waals surface area contributed by atoms with E-state index in [1.807, 2.05) is 11.9 Å². The standard InChI is InChI=1S/C6H13NO4/c1-7(2-5-4-10-5)3-6(8)11-9/h5-6,8-9H,2-4H2,1H3. The van der Waals surface area contributed by atoms with Gasteiger partial charge in [0.1, 0.15) is 0 Å². The molecule has 1 aliphatic heterocycles. The second-order valence-corrected chi connectivity index (χ2v) is 2.74. The van der Waals surface area contributed by atoms with Crippen LogP contribution in [0.15, 0.2) is 0 Å². The zero-order chi connectivity index (χ0) is 8.27. The highest BCUT2D eigenvalue weighted by molar-refractivity contribution is 4.72. The number of likely N-dealkylation sites (N-methyl/N-ethyl adjacent to an activating group) is 1. The number of hydrogen-bond donors (Lipinski definition) is 2. The number of aliphatic hydroxyl groups excluding tert-OH is 1. The van der Waals surface area contributed by atoms with Gasteiger partial charge in [-0.3, -0.25) is 4.90 Å². The van der Waals surface area contributed by atoms with Gasteiger partial charge in [-0.05, 0) is 7.05 Å². The number of rotatable bonds is 5. The van der Waals surface area contributed by atoms with Crippen molar-refractivity contribution in [1.82, 2.24) is 4.90 Å². The van der Waals surface area contributed by atoms with E-state index in [1.54, 1.807) is 0 Å². The van der Waals surface area contributed by atoms with E-state index in [0.29, 0.717) is 6.10 Å². The number of epoxide rings is 1. The largest absolute Gasteiger partial charge is 0.372 e. The van der Waals surface area contributed by atoms with Gasteiger partial charge in [0.15, 0.2) is 0 Å². The molecule has 1 aliphatic rings. The molecular formula is C6H13NO4. The van der Waals surface area contributed by atoms with Crippen molar-refractivity contribution >= 4 is 0 Å². The molecule has 0 spiro atoms. The van der Waals surface area contributed by atoms with Crippen molar-refractivity contribution in [2.45, 2.75) is 12.4 Å². The van der Waals surface area contributed by atoms with Crippen LogP contribution in [0.25, 0.3) is 0 Å². The van der Waals surface area contributed by atoms with E-state index in [9.17, 15) is 0 Å². The van der Waals surface area contributed by atoms with Crippen molar-refractivity contribution in [1.29, 1.82) is 0 Å².